The Kier molecular flexibility index (Phi) is 16.8. The molecule has 2 aromatic rings. The van der Waals surface area contributed by atoms with Crippen molar-refractivity contribution in [3.8, 4) is 0 Å². The zero-order valence-electron chi connectivity index (χ0n) is 30.3. The molecule has 0 heterocycles. The molecule has 0 aliphatic carbocycles. The van der Waals surface area contributed by atoms with Crippen LogP contribution in [-0.4, -0.2) is 80.5 Å². The van der Waals surface area contributed by atoms with Crippen LogP contribution in [-0.2, 0) is 57.1 Å². The summed E-state index contributed by atoms with van der Waals surface area (Å²) in [6.07, 6.45) is -0.254. The Hall–Kier alpha value is -5.10. The average molecular weight is 783 g/mol. The fourth-order valence-electron chi connectivity index (χ4n) is 4.49. The molecule has 2 N–H and O–H groups in total. The lowest BCUT2D eigenvalue weighted by Gasteiger charge is -2.28. The van der Waals surface area contributed by atoms with Gasteiger partial charge in [-0.25, -0.2) is 19.2 Å². The standard InChI is InChI=1S/C35H46N2O14S2/c1-24-8-12-29(13-9-24)52(42,43)50-27(4)31(38)46-18-20-48-33(40)36-17-16-26(3)22-35(6,7)23-37-34(41)49-21-19-47-32(39)28(5)51-53(44,45)30-14-10-25(2)11-15-30/h8-15,26H,4-5,16-23H2,1-3,6-7H3,(H,36,40)(H,37,41). The maximum atomic E-state index is 12.3. The van der Waals surface area contributed by atoms with Gasteiger partial charge in [0.2, 0.25) is 11.5 Å². The molecular formula is C35H46N2O14S2. The predicted octanol–water partition coefficient (Wildman–Crippen LogP) is 4.42. The first-order valence-electron chi connectivity index (χ1n) is 16.3. The van der Waals surface area contributed by atoms with E-state index in [1.54, 1.807) is 38.1 Å². The lowest BCUT2D eigenvalue weighted by Crippen LogP contribution is -2.36. The van der Waals surface area contributed by atoms with E-state index in [1.165, 1.54) is 24.3 Å². The molecular weight excluding hydrogens is 737 g/mol. The maximum absolute atomic E-state index is 12.3. The lowest BCUT2D eigenvalue weighted by molar-refractivity contribution is -0.143. The number of carbonyl (C=O) groups excluding carboxylic acids is 4. The van der Waals surface area contributed by atoms with Crippen LogP contribution in [0.1, 0.15) is 44.7 Å². The molecule has 1 unspecified atom stereocenters. The topological polar surface area (TPSA) is 216 Å². The molecule has 0 saturated heterocycles. The van der Waals surface area contributed by atoms with Crippen molar-refractivity contribution in [3.05, 3.63) is 84.3 Å². The molecule has 2 rings (SSSR count). The van der Waals surface area contributed by atoms with Gasteiger partial charge in [-0.2, -0.15) is 16.8 Å². The van der Waals surface area contributed by atoms with Crippen LogP contribution in [0.2, 0.25) is 0 Å². The molecule has 0 bridgehead atoms. The molecule has 2 aromatic carbocycles. The van der Waals surface area contributed by atoms with E-state index in [4.69, 9.17) is 27.3 Å². The van der Waals surface area contributed by atoms with Crippen molar-refractivity contribution in [2.24, 2.45) is 11.3 Å². The van der Waals surface area contributed by atoms with Gasteiger partial charge in [-0.1, -0.05) is 56.2 Å². The summed E-state index contributed by atoms with van der Waals surface area (Å²) in [6.45, 7) is 15.2. The molecule has 0 radical (unpaired) electrons. The number of hydrogen-bond acceptors (Lipinski definition) is 14. The number of esters is 2. The second-order valence-corrected chi connectivity index (χ2v) is 15.7. The van der Waals surface area contributed by atoms with Crippen LogP contribution in [0.4, 0.5) is 9.59 Å². The second kappa shape index (κ2) is 20.2. The van der Waals surface area contributed by atoms with Gasteiger partial charge in [-0.05, 0) is 75.4 Å². The number of aryl methyl sites for hydroxylation is 2. The van der Waals surface area contributed by atoms with Gasteiger partial charge in [-0.3, -0.25) is 0 Å². The van der Waals surface area contributed by atoms with E-state index in [1.807, 2.05) is 20.8 Å². The molecule has 0 saturated carbocycles. The van der Waals surface area contributed by atoms with Crippen molar-refractivity contribution in [3.63, 3.8) is 0 Å². The summed E-state index contributed by atoms with van der Waals surface area (Å²) in [4.78, 5) is 47.9. The summed E-state index contributed by atoms with van der Waals surface area (Å²) in [6, 6.07) is 11.6. The summed E-state index contributed by atoms with van der Waals surface area (Å²) in [5.41, 5.74) is 1.31. The van der Waals surface area contributed by atoms with E-state index >= 15 is 0 Å². The van der Waals surface area contributed by atoms with Crippen molar-refractivity contribution in [1.29, 1.82) is 0 Å². The molecule has 0 aliphatic rings. The Morgan fingerprint density at radius 3 is 1.45 bits per heavy atom. The molecule has 2 amide bonds. The minimum atomic E-state index is -4.28. The van der Waals surface area contributed by atoms with E-state index in [0.717, 1.165) is 11.1 Å². The minimum Gasteiger partial charge on any atom is -0.456 e. The molecule has 1 atom stereocenters. The monoisotopic (exact) mass is 782 g/mol. The Morgan fingerprint density at radius 2 is 1.04 bits per heavy atom. The largest absolute Gasteiger partial charge is 0.456 e. The number of rotatable bonds is 21. The third-order valence-electron chi connectivity index (χ3n) is 7.11. The third-order valence-corrected chi connectivity index (χ3v) is 9.65. The van der Waals surface area contributed by atoms with Crippen molar-refractivity contribution < 1.29 is 63.3 Å². The van der Waals surface area contributed by atoms with Crippen LogP contribution in [0.5, 0.6) is 0 Å². The number of benzene rings is 2. The first-order valence-corrected chi connectivity index (χ1v) is 19.1. The van der Waals surface area contributed by atoms with Gasteiger partial charge < -0.3 is 37.9 Å². The summed E-state index contributed by atoms with van der Waals surface area (Å²) in [5, 5.41) is 5.22. The number of nitrogens with one attached hydrogen (secondary N) is 2. The number of carbonyl (C=O) groups is 4. The highest BCUT2D eigenvalue weighted by molar-refractivity contribution is 7.87. The van der Waals surface area contributed by atoms with E-state index in [-0.39, 0.29) is 60.6 Å². The molecule has 16 nitrogen and oxygen atoms in total. The SMILES string of the molecule is C=C(OS(=O)(=O)c1ccc(C)cc1)C(=O)OCCOC(=O)NCCC(C)CC(C)(C)CNC(=O)OCCOC(=O)C(=C)OS(=O)(=O)c1ccc(C)cc1. The van der Waals surface area contributed by atoms with Crippen molar-refractivity contribution in [2.75, 3.05) is 39.5 Å². The van der Waals surface area contributed by atoms with Gasteiger partial charge in [0.25, 0.3) is 0 Å². The van der Waals surface area contributed by atoms with Crippen LogP contribution < -0.4 is 10.6 Å². The first-order chi connectivity index (χ1) is 24.7. The summed E-state index contributed by atoms with van der Waals surface area (Å²) >= 11 is 0. The Balaban J connectivity index is 1.57. The smallest absolute Gasteiger partial charge is 0.407 e. The average Bonchev–Trinajstić information content (AvgIpc) is 3.07. The van der Waals surface area contributed by atoms with Crippen molar-refractivity contribution >= 4 is 44.4 Å². The number of ether oxygens (including phenoxy) is 4. The normalized spacial score (nSPS) is 12.0. The van der Waals surface area contributed by atoms with Crippen LogP contribution in [0.15, 0.2) is 83.0 Å². The molecule has 292 valence electrons. The van der Waals surface area contributed by atoms with Crippen LogP contribution >= 0.6 is 0 Å². The number of hydrogen-bond donors (Lipinski definition) is 2. The van der Waals surface area contributed by atoms with Gasteiger partial charge in [0.15, 0.2) is 0 Å². The maximum Gasteiger partial charge on any atom is 0.407 e. The van der Waals surface area contributed by atoms with Crippen LogP contribution in [0, 0.1) is 25.2 Å². The molecule has 0 aromatic heterocycles. The van der Waals surface area contributed by atoms with E-state index < -0.39 is 55.9 Å². The molecule has 0 aliphatic heterocycles. The van der Waals surface area contributed by atoms with Crippen LogP contribution in [0.3, 0.4) is 0 Å². The number of alkyl carbamates (subject to hydrolysis) is 2. The molecule has 53 heavy (non-hydrogen) atoms. The van der Waals surface area contributed by atoms with Crippen molar-refractivity contribution in [2.45, 2.75) is 57.3 Å². The minimum absolute atomic E-state index is 0.121. The molecule has 0 spiro atoms. The molecule has 18 heteroatoms. The van der Waals surface area contributed by atoms with E-state index in [2.05, 4.69) is 23.8 Å². The van der Waals surface area contributed by atoms with Gasteiger partial charge in [-0.15, -0.1) is 0 Å². The summed E-state index contributed by atoms with van der Waals surface area (Å²) in [5.74, 6) is -3.64. The van der Waals surface area contributed by atoms with E-state index in [0.29, 0.717) is 12.8 Å². The lowest BCUT2D eigenvalue weighted by atomic mass is 9.82. The fourth-order valence-corrected chi connectivity index (χ4v) is 6.29. The van der Waals surface area contributed by atoms with Gasteiger partial charge in [0.1, 0.15) is 36.2 Å². The van der Waals surface area contributed by atoms with Crippen LogP contribution in [0.25, 0.3) is 0 Å². The summed E-state index contributed by atoms with van der Waals surface area (Å²) in [7, 11) is -8.55. The summed E-state index contributed by atoms with van der Waals surface area (Å²) < 4.78 is 78.3. The Labute approximate surface area is 310 Å². The highest BCUT2D eigenvalue weighted by atomic mass is 32.2. The molecule has 0 fully saturated rings. The van der Waals surface area contributed by atoms with Gasteiger partial charge in [0.05, 0.1) is 0 Å². The predicted molar refractivity (Wildman–Crippen MR) is 190 cm³/mol. The highest BCUT2D eigenvalue weighted by Gasteiger charge is 2.25. The Morgan fingerprint density at radius 1 is 0.660 bits per heavy atom. The number of amides is 2. The first kappa shape index (κ1) is 44.1. The zero-order chi connectivity index (χ0) is 39.8. The second-order valence-electron chi connectivity index (χ2n) is 12.6. The zero-order valence-corrected chi connectivity index (χ0v) is 31.9. The quantitative estimate of drug-likeness (QED) is 0.0448. The van der Waals surface area contributed by atoms with E-state index in [9.17, 15) is 36.0 Å². The Bertz CT molecular complexity index is 1820. The van der Waals surface area contributed by atoms with Crippen molar-refractivity contribution in [1.82, 2.24) is 10.6 Å². The third kappa shape index (κ3) is 16.4. The van der Waals surface area contributed by atoms with Gasteiger partial charge >= 0.3 is 44.4 Å². The highest BCUT2D eigenvalue weighted by Crippen LogP contribution is 2.26. The fraction of sp³-hybridized carbons (Fsp3) is 0.429. The van der Waals surface area contributed by atoms with Gasteiger partial charge in [0, 0.05) is 13.1 Å².